The van der Waals surface area contributed by atoms with E-state index in [1.807, 2.05) is 11.0 Å². The van der Waals surface area contributed by atoms with Gasteiger partial charge in [0.15, 0.2) is 9.84 Å². The van der Waals surface area contributed by atoms with Gasteiger partial charge in [-0.2, -0.15) is 13.2 Å². The summed E-state index contributed by atoms with van der Waals surface area (Å²) in [6, 6.07) is 12.0. The second-order valence-electron chi connectivity index (χ2n) is 7.89. The van der Waals surface area contributed by atoms with Gasteiger partial charge in [-0.3, -0.25) is 4.90 Å². The van der Waals surface area contributed by atoms with Gasteiger partial charge in [0, 0.05) is 43.4 Å². The monoisotopic (exact) mass is 490 g/mol. The molecule has 2 aliphatic rings. The predicted molar refractivity (Wildman–Crippen MR) is 110 cm³/mol. The molecule has 180 valence electrons. The average Bonchev–Trinajstić information content (AvgIpc) is 2.99. The number of likely N-dealkylation sites (tertiary alicyclic amines) is 1. The van der Waals surface area contributed by atoms with Crippen LogP contribution in [0.4, 0.5) is 17.6 Å². The summed E-state index contributed by atoms with van der Waals surface area (Å²) in [4.78, 5) is 15.0. The number of carbonyl (C=O) groups is 1. The fraction of sp³-hybridized carbons (Fsp3) is 0.429. The smallest absolute Gasteiger partial charge is 0.477 e. The molecule has 0 bridgehead atoms. The number of aliphatic carboxylic acids is 1. The zero-order valence-corrected chi connectivity index (χ0v) is 18.2. The number of nitrogens with zero attached hydrogens (tertiary/aromatic N) is 2. The summed E-state index contributed by atoms with van der Waals surface area (Å²) < 4.78 is 75.9. The van der Waals surface area contributed by atoms with Crippen LogP contribution in [-0.4, -0.2) is 65.8 Å². The van der Waals surface area contributed by atoms with Crippen molar-refractivity contribution in [1.82, 2.24) is 9.88 Å². The highest BCUT2D eigenvalue weighted by Crippen LogP contribution is 2.45. The van der Waals surface area contributed by atoms with E-state index in [1.165, 1.54) is 6.07 Å². The molecule has 1 aromatic heterocycles. The highest BCUT2D eigenvalue weighted by Gasteiger charge is 2.61. The number of carboxylic acids is 1. The Balaban J connectivity index is 0.000000383. The molecule has 2 fully saturated rings. The molecule has 1 spiro atoms. The molecule has 12 heteroatoms. The van der Waals surface area contributed by atoms with E-state index in [2.05, 4.69) is 4.98 Å². The fourth-order valence-electron chi connectivity index (χ4n) is 4.02. The van der Waals surface area contributed by atoms with Gasteiger partial charge in [-0.05, 0) is 18.6 Å². The molecule has 33 heavy (non-hydrogen) atoms. The molecule has 0 amide bonds. The minimum atomic E-state index is -5.08. The summed E-state index contributed by atoms with van der Waals surface area (Å²) in [5, 5.41) is 7.12. The minimum absolute atomic E-state index is 0.0635. The van der Waals surface area contributed by atoms with Crippen molar-refractivity contribution in [3.8, 4) is 5.88 Å². The Morgan fingerprint density at radius 1 is 1.18 bits per heavy atom. The quantitative estimate of drug-likeness (QED) is 0.644. The van der Waals surface area contributed by atoms with Gasteiger partial charge in [-0.15, -0.1) is 0 Å². The molecule has 1 N–H and O–H groups in total. The molecular formula is C21H22F4N2O5S. The zero-order valence-electron chi connectivity index (χ0n) is 17.3. The van der Waals surface area contributed by atoms with E-state index in [0.29, 0.717) is 44.1 Å². The maximum Gasteiger partial charge on any atom is 0.490 e. The van der Waals surface area contributed by atoms with Crippen molar-refractivity contribution in [2.24, 2.45) is 5.92 Å². The van der Waals surface area contributed by atoms with Gasteiger partial charge in [0.05, 0.1) is 12.4 Å². The number of sulfone groups is 1. The number of benzene rings is 1. The molecule has 7 nitrogen and oxygen atoms in total. The summed E-state index contributed by atoms with van der Waals surface area (Å²) >= 11 is 0. The third-order valence-electron chi connectivity index (χ3n) is 5.75. The van der Waals surface area contributed by atoms with Crippen molar-refractivity contribution < 1.29 is 40.6 Å². The Bertz CT molecular complexity index is 1070. The van der Waals surface area contributed by atoms with Crippen molar-refractivity contribution in [2.45, 2.75) is 23.9 Å². The van der Waals surface area contributed by atoms with Crippen LogP contribution in [0.3, 0.4) is 0 Å². The molecular weight excluding hydrogens is 468 g/mol. The molecule has 0 radical (unpaired) electrons. The molecule has 2 aliphatic heterocycles. The number of aromatic nitrogens is 1. The molecule has 4 rings (SSSR count). The number of halogens is 4. The summed E-state index contributed by atoms with van der Waals surface area (Å²) in [6.07, 6.45) is -2.83. The van der Waals surface area contributed by atoms with E-state index in [-0.39, 0.29) is 17.5 Å². The van der Waals surface area contributed by atoms with Crippen LogP contribution < -0.4 is 4.74 Å². The maximum atomic E-state index is 13.8. The minimum Gasteiger partial charge on any atom is -0.477 e. The van der Waals surface area contributed by atoms with Crippen LogP contribution in [0.5, 0.6) is 5.88 Å². The Hall–Kier alpha value is -2.73. The van der Waals surface area contributed by atoms with Crippen LogP contribution in [0, 0.1) is 11.7 Å². The van der Waals surface area contributed by atoms with E-state index in [0.717, 1.165) is 0 Å². The number of carboxylic acid groups (broad SMARTS) is 1. The summed E-state index contributed by atoms with van der Waals surface area (Å²) in [7, 11) is -3.17. The second kappa shape index (κ2) is 9.64. The number of alkyl halides is 3. The standard InChI is InChI=1S/C19H21FN2O3S.C2HF3O2/c20-17-6-2-1-5-15(17)11-22-13-19(14-22)16(8-10-26(19,23)24)12-25-18-7-3-4-9-21-18;3-2(4,5)1(6)7/h1-7,9,16H,8,10-14H2;(H,6,7). The molecule has 0 saturated carbocycles. The number of pyridine rings is 1. The lowest BCUT2D eigenvalue weighted by atomic mass is 9.83. The van der Waals surface area contributed by atoms with Gasteiger partial charge in [0.2, 0.25) is 5.88 Å². The first-order valence-corrected chi connectivity index (χ1v) is 11.6. The van der Waals surface area contributed by atoms with Gasteiger partial charge >= 0.3 is 12.1 Å². The third-order valence-corrected chi connectivity index (χ3v) is 8.35. The number of rotatable bonds is 5. The average molecular weight is 490 g/mol. The maximum absolute atomic E-state index is 13.8. The molecule has 2 saturated heterocycles. The molecule has 1 aromatic carbocycles. The Labute approximate surface area is 187 Å². The molecule has 3 heterocycles. The van der Waals surface area contributed by atoms with Crippen LogP contribution in [0.15, 0.2) is 48.7 Å². The first-order valence-electron chi connectivity index (χ1n) is 9.96. The highest BCUT2D eigenvalue weighted by molar-refractivity contribution is 7.93. The Morgan fingerprint density at radius 3 is 2.39 bits per heavy atom. The van der Waals surface area contributed by atoms with E-state index in [4.69, 9.17) is 14.6 Å². The Kier molecular flexibility index (Phi) is 7.27. The lowest BCUT2D eigenvalue weighted by Crippen LogP contribution is -2.67. The van der Waals surface area contributed by atoms with Crippen LogP contribution in [0.2, 0.25) is 0 Å². The molecule has 0 aliphatic carbocycles. The largest absolute Gasteiger partial charge is 0.490 e. The van der Waals surface area contributed by atoms with Gasteiger partial charge in [-0.1, -0.05) is 24.3 Å². The van der Waals surface area contributed by atoms with E-state index in [9.17, 15) is 26.0 Å². The van der Waals surface area contributed by atoms with Crippen molar-refractivity contribution in [1.29, 1.82) is 0 Å². The first kappa shape index (κ1) is 24.9. The van der Waals surface area contributed by atoms with Gasteiger partial charge in [0.25, 0.3) is 0 Å². The second-order valence-corrected chi connectivity index (χ2v) is 10.3. The number of hydrogen-bond donors (Lipinski definition) is 1. The summed E-state index contributed by atoms with van der Waals surface area (Å²) in [6.45, 7) is 1.63. The third kappa shape index (κ3) is 5.61. The van der Waals surface area contributed by atoms with E-state index in [1.54, 1.807) is 36.5 Å². The number of hydrogen-bond acceptors (Lipinski definition) is 6. The lowest BCUT2D eigenvalue weighted by molar-refractivity contribution is -0.192. The SMILES string of the molecule is O=C(O)C(F)(F)F.O=S1(=O)CCC(COc2ccccn2)C12CN(Cc1ccccc1F)C2. The zero-order chi connectivity index (χ0) is 24.3. The fourth-order valence-corrected chi connectivity index (χ4v) is 6.47. The van der Waals surface area contributed by atoms with Crippen molar-refractivity contribution >= 4 is 15.8 Å². The topological polar surface area (TPSA) is 96.8 Å². The van der Waals surface area contributed by atoms with Crippen LogP contribution in [0.25, 0.3) is 0 Å². The van der Waals surface area contributed by atoms with Gasteiger partial charge in [0.1, 0.15) is 10.6 Å². The molecule has 2 aromatic rings. The lowest BCUT2D eigenvalue weighted by Gasteiger charge is -2.50. The first-order chi connectivity index (χ1) is 15.4. The molecule has 1 atom stereocenters. The summed E-state index contributed by atoms with van der Waals surface area (Å²) in [5.74, 6) is -2.37. The summed E-state index contributed by atoms with van der Waals surface area (Å²) in [5.41, 5.74) is 0.596. The normalized spacial score (nSPS) is 21.0. The van der Waals surface area contributed by atoms with Crippen LogP contribution in [-0.2, 0) is 21.2 Å². The number of ether oxygens (including phenoxy) is 1. The van der Waals surface area contributed by atoms with E-state index < -0.39 is 26.7 Å². The van der Waals surface area contributed by atoms with Crippen molar-refractivity contribution in [3.63, 3.8) is 0 Å². The van der Waals surface area contributed by atoms with E-state index >= 15 is 0 Å². The van der Waals surface area contributed by atoms with Crippen molar-refractivity contribution in [3.05, 3.63) is 60.0 Å². The molecule has 1 unspecified atom stereocenters. The van der Waals surface area contributed by atoms with Gasteiger partial charge < -0.3 is 9.84 Å². The van der Waals surface area contributed by atoms with Crippen molar-refractivity contribution in [2.75, 3.05) is 25.4 Å². The van der Waals surface area contributed by atoms with Crippen LogP contribution >= 0.6 is 0 Å². The van der Waals surface area contributed by atoms with Crippen LogP contribution in [0.1, 0.15) is 12.0 Å². The Morgan fingerprint density at radius 2 is 1.82 bits per heavy atom. The predicted octanol–water partition coefficient (Wildman–Crippen LogP) is 2.92. The highest BCUT2D eigenvalue weighted by atomic mass is 32.2. The van der Waals surface area contributed by atoms with Gasteiger partial charge in [-0.25, -0.2) is 22.6 Å².